The molecule has 3 aromatic rings. The lowest BCUT2D eigenvalue weighted by atomic mass is 10.3. The SMILES string of the molecule is CN(C)CCOc1ccc(P(Oc2ccccc2)c2ccc(OCCN(C)C)cc2)cc1. The van der Waals surface area contributed by atoms with Gasteiger partial charge in [0.05, 0.1) is 0 Å². The Morgan fingerprint density at radius 2 is 1.00 bits per heavy atom. The van der Waals surface area contributed by atoms with E-state index in [4.69, 9.17) is 14.0 Å². The van der Waals surface area contributed by atoms with Crippen LogP contribution >= 0.6 is 8.15 Å². The first-order valence-electron chi connectivity index (χ1n) is 10.8. The average Bonchev–Trinajstić information content (AvgIpc) is 2.79. The van der Waals surface area contributed by atoms with E-state index >= 15 is 0 Å². The molecule has 0 amide bonds. The van der Waals surface area contributed by atoms with Crippen LogP contribution in [0.1, 0.15) is 0 Å². The smallest absolute Gasteiger partial charge is 0.150 e. The van der Waals surface area contributed by atoms with Gasteiger partial charge < -0.3 is 23.8 Å². The van der Waals surface area contributed by atoms with Gasteiger partial charge in [0.15, 0.2) is 8.15 Å². The summed E-state index contributed by atoms with van der Waals surface area (Å²) < 4.78 is 18.2. The first kappa shape index (κ1) is 24.1. The highest BCUT2D eigenvalue weighted by molar-refractivity contribution is 7.68. The van der Waals surface area contributed by atoms with Gasteiger partial charge in [-0.05, 0) is 88.9 Å². The zero-order chi connectivity index (χ0) is 22.8. The predicted octanol–water partition coefficient (Wildman–Crippen LogP) is 3.99. The third-order valence-corrected chi connectivity index (χ3v) is 6.62. The number of para-hydroxylation sites is 1. The summed E-state index contributed by atoms with van der Waals surface area (Å²) in [7, 11) is 7.14. The molecule has 0 heterocycles. The Labute approximate surface area is 193 Å². The van der Waals surface area contributed by atoms with Gasteiger partial charge in [-0.3, -0.25) is 0 Å². The highest BCUT2D eigenvalue weighted by Crippen LogP contribution is 2.37. The molecule has 3 rings (SSSR count). The van der Waals surface area contributed by atoms with Crippen molar-refractivity contribution >= 4 is 18.8 Å². The second-order valence-electron chi connectivity index (χ2n) is 7.99. The molecule has 0 aliphatic heterocycles. The van der Waals surface area contributed by atoms with Crippen LogP contribution in [-0.2, 0) is 0 Å². The van der Waals surface area contributed by atoms with Gasteiger partial charge in [0, 0.05) is 23.7 Å². The minimum Gasteiger partial charge on any atom is -0.492 e. The molecule has 170 valence electrons. The summed E-state index contributed by atoms with van der Waals surface area (Å²) in [5.41, 5.74) is 0. The first-order valence-corrected chi connectivity index (χ1v) is 12.1. The normalized spacial score (nSPS) is 11.2. The summed E-state index contributed by atoms with van der Waals surface area (Å²) in [4.78, 5) is 4.21. The molecule has 0 N–H and O–H groups in total. The number of nitrogens with zero attached hydrogens (tertiary/aromatic N) is 2. The maximum absolute atomic E-state index is 6.46. The van der Waals surface area contributed by atoms with Crippen LogP contribution < -0.4 is 24.6 Å². The van der Waals surface area contributed by atoms with Crippen LogP contribution in [0.2, 0.25) is 0 Å². The van der Waals surface area contributed by atoms with Crippen LogP contribution in [0, 0.1) is 0 Å². The largest absolute Gasteiger partial charge is 0.492 e. The molecule has 5 nitrogen and oxygen atoms in total. The predicted molar refractivity (Wildman–Crippen MR) is 134 cm³/mol. The van der Waals surface area contributed by atoms with Gasteiger partial charge >= 0.3 is 0 Å². The minimum absolute atomic E-state index is 0.664. The summed E-state index contributed by atoms with van der Waals surface area (Å²) in [6, 6.07) is 26.4. The van der Waals surface area contributed by atoms with Crippen LogP contribution in [-0.4, -0.2) is 64.3 Å². The summed E-state index contributed by atoms with van der Waals surface area (Å²) in [5, 5.41) is 2.26. The molecule has 0 aliphatic carbocycles. The first-order chi connectivity index (χ1) is 15.5. The van der Waals surface area contributed by atoms with Crippen molar-refractivity contribution in [3.8, 4) is 17.2 Å². The van der Waals surface area contributed by atoms with Crippen molar-refractivity contribution in [3.63, 3.8) is 0 Å². The highest BCUT2D eigenvalue weighted by Gasteiger charge is 2.18. The van der Waals surface area contributed by atoms with E-state index in [1.165, 1.54) is 0 Å². The number of benzene rings is 3. The highest BCUT2D eigenvalue weighted by atomic mass is 31.1. The van der Waals surface area contributed by atoms with Gasteiger partial charge in [-0.1, -0.05) is 18.2 Å². The monoisotopic (exact) mass is 452 g/mol. The lowest BCUT2D eigenvalue weighted by Crippen LogP contribution is -2.20. The van der Waals surface area contributed by atoms with Crippen molar-refractivity contribution < 1.29 is 14.0 Å². The van der Waals surface area contributed by atoms with E-state index in [1.54, 1.807) is 0 Å². The number of rotatable bonds is 12. The summed E-state index contributed by atoms with van der Waals surface area (Å²) >= 11 is 0. The van der Waals surface area contributed by atoms with Crippen molar-refractivity contribution in [2.75, 3.05) is 54.5 Å². The van der Waals surface area contributed by atoms with E-state index in [-0.39, 0.29) is 0 Å². The number of hydrogen-bond donors (Lipinski definition) is 0. The number of hydrogen-bond acceptors (Lipinski definition) is 5. The fraction of sp³-hybridized carbons (Fsp3) is 0.308. The van der Waals surface area contributed by atoms with E-state index in [2.05, 4.69) is 34.1 Å². The van der Waals surface area contributed by atoms with Crippen molar-refractivity contribution in [1.29, 1.82) is 0 Å². The Morgan fingerprint density at radius 3 is 1.41 bits per heavy atom. The van der Waals surface area contributed by atoms with E-state index in [0.717, 1.165) is 40.9 Å². The quantitative estimate of drug-likeness (QED) is 0.388. The Kier molecular flexibility index (Phi) is 9.36. The van der Waals surface area contributed by atoms with E-state index < -0.39 is 8.15 Å². The maximum atomic E-state index is 6.46. The van der Waals surface area contributed by atoms with Crippen LogP contribution in [0.5, 0.6) is 17.2 Å². The third-order valence-electron chi connectivity index (χ3n) is 4.70. The molecule has 0 spiro atoms. The topological polar surface area (TPSA) is 34.2 Å². The van der Waals surface area contributed by atoms with Crippen molar-refractivity contribution in [2.24, 2.45) is 0 Å². The van der Waals surface area contributed by atoms with E-state index in [9.17, 15) is 0 Å². The molecule has 0 fully saturated rings. The zero-order valence-electron chi connectivity index (χ0n) is 19.4. The molecular formula is C26H33N2O3P. The molecule has 0 saturated heterocycles. The summed E-state index contributed by atoms with van der Waals surface area (Å²) in [6.07, 6.45) is 0. The van der Waals surface area contributed by atoms with E-state index in [1.807, 2.05) is 82.8 Å². The van der Waals surface area contributed by atoms with Crippen LogP contribution in [0.15, 0.2) is 78.9 Å². The molecule has 0 saturated carbocycles. The van der Waals surface area contributed by atoms with Crippen LogP contribution in [0.3, 0.4) is 0 Å². The lowest BCUT2D eigenvalue weighted by Gasteiger charge is -2.20. The fourth-order valence-corrected chi connectivity index (χ4v) is 4.57. The van der Waals surface area contributed by atoms with Crippen LogP contribution in [0.4, 0.5) is 0 Å². The molecule has 6 heteroatoms. The van der Waals surface area contributed by atoms with Gasteiger partial charge in [0.25, 0.3) is 0 Å². The van der Waals surface area contributed by atoms with Gasteiger partial charge in [-0.25, -0.2) is 0 Å². The molecule has 0 aromatic heterocycles. The summed E-state index contributed by atoms with van der Waals surface area (Å²) in [6.45, 7) is 3.09. The third kappa shape index (κ3) is 7.83. The molecule has 0 atom stereocenters. The number of ether oxygens (including phenoxy) is 2. The van der Waals surface area contributed by atoms with Gasteiger partial charge in [0.2, 0.25) is 0 Å². The Hall–Kier alpha value is -2.59. The summed E-state index contributed by atoms with van der Waals surface area (Å²) in [5.74, 6) is 2.60. The molecule has 0 bridgehead atoms. The van der Waals surface area contributed by atoms with Gasteiger partial charge in [0.1, 0.15) is 30.5 Å². The minimum atomic E-state index is -1.03. The zero-order valence-corrected chi connectivity index (χ0v) is 20.3. The Morgan fingerprint density at radius 1 is 0.562 bits per heavy atom. The lowest BCUT2D eigenvalue weighted by molar-refractivity contribution is 0.261. The van der Waals surface area contributed by atoms with Crippen molar-refractivity contribution in [1.82, 2.24) is 9.80 Å². The van der Waals surface area contributed by atoms with Crippen molar-refractivity contribution in [2.45, 2.75) is 0 Å². The van der Waals surface area contributed by atoms with E-state index in [0.29, 0.717) is 13.2 Å². The van der Waals surface area contributed by atoms with Crippen molar-refractivity contribution in [3.05, 3.63) is 78.9 Å². The standard InChI is InChI=1S/C26H33N2O3P/c1-27(2)18-20-29-22-10-14-25(15-11-22)32(31-24-8-6-5-7-9-24)26-16-12-23(13-17-26)30-21-19-28(3)4/h5-17H,18-21H2,1-4H3. The second kappa shape index (κ2) is 12.4. The Balaban J connectivity index is 1.75. The average molecular weight is 453 g/mol. The molecule has 0 unspecified atom stereocenters. The maximum Gasteiger partial charge on any atom is 0.150 e. The van der Waals surface area contributed by atoms with Crippen LogP contribution in [0.25, 0.3) is 0 Å². The second-order valence-corrected chi connectivity index (χ2v) is 9.79. The molecule has 32 heavy (non-hydrogen) atoms. The molecule has 0 radical (unpaired) electrons. The van der Waals surface area contributed by atoms with Gasteiger partial charge in [-0.2, -0.15) is 0 Å². The molecule has 3 aromatic carbocycles. The molecule has 0 aliphatic rings. The Bertz CT molecular complexity index is 859. The fourth-order valence-electron chi connectivity index (χ4n) is 2.89. The number of likely N-dealkylation sites (N-methyl/N-ethyl adjacent to an activating group) is 2. The molecular weight excluding hydrogens is 419 g/mol. The van der Waals surface area contributed by atoms with Gasteiger partial charge in [-0.15, -0.1) is 0 Å².